The molecule has 0 aliphatic carbocycles. The standard InChI is InChI=1S/C19H20N4OS/c1-3-12-23-16-11-7-5-9-14(16)17(18(23)24)21-22-19(25)20-15-10-6-4-8-13(15)2/h4-11,24H,3,12H2,1-2H3,(H,20,25). The highest BCUT2D eigenvalue weighted by Gasteiger charge is 2.15. The average molecular weight is 352 g/mol. The number of aromatic hydroxyl groups is 1. The lowest BCUT2D eigenvalue weighted by molar-refractivity contribution is 0.421. The van der Waals surface area contributed by atoms with E-state index in [0.29, 0.717) is 12.2 Å². The van der Waals surface area contributed by atoms with Crippen molar-refractivity contribution in [2.24, 2.45) is 10.2 Å². The minimum atomic E-state index is 0.116. The third kappa shape index (κ3) is 3.53. The van der Waals surface area contributed by atoms with Crippen LogP contribution in [0.2, 0.25) is 0 Å². The van der Waals surface area contributed by atoms with Gasteiger partial charge in [-0.2, -0.15) is 0 Å². The summed E-state index contributed by atoms with van der Waals surface area (Å²) in [4.78, 5) is 0. The maximum Gasteiger partial charge on any atom is 0.220 e. The number of anilines is 1. The Bertz CT molecular complexity index is 946. The third-order valence-electron chi connectivity index (χ3n) is 3.99. The van der Waals surface area contributed by atoms with Crippen LogP contribution in [-0.4, -0.2) is 14.8 Å². The number of nitrogens with one attached hydrogen (secondary N) is 1. The number of azo groups is 1. The number of thiocarbonyl (C=S) groups is 1. The van der Waals surface area contributed by atoms with E-state index in [2.05, 4.69) is 22.5 Å². The van der Waals surface area contributed by atoms with E-state index in [1.54, 1.807) is 0 Å². The summed E-state index contributed by atoms with van der Waals surface area (Å²) in [6, 6.07) is 15.6. The Balaban J connectivity index is 1.90. The summed E-state index contributed by atoms with van der Waals surface area (Å²) in [5.41, 5.74) is 3.35. The smallest absolute Gasteiger partial charge is 0.220 e. The first-order valence-electron chi connectivity index (χ1n) is 8.20. The van der Waals surface area contributed by atoms with Crippen LogP contribution in [-0.2, 0) is 6.54 Å². The van der Waals surface area contributed by atoms with Crippen molar-refractivity contribution in [3.05, 3.63) is 54.1 Å². The fraction of sp³-hybridized carbons (Fsp3) is 0.211. The maximum atomic E-state index is 10.5. The van der Waals surface area contributed by atoms with Gasteiger partial charge in [0.2, 0.25) is 11.0 Å². The first-order chi connectivity index (χ1) is 12.1. The van der Waals surface area contributed by atoms with E-state index in [9.17, 15) is 5.11 Å². The molecule has 128 valence electrons. The zero-order valence-corrected chi connectivity index (χ0v) is 15.0. The van der Waals surface area contributed by atoms with Gasteiger partial charge in [0.1, 0.15) is 0 Å². The molecule has 0 saturated heterocycles. The molecule has 0 fully saturated rings. The Morgan fingerprint density at radius 1 is 1.16 bits per heavy atom. The number of aromatic nitrogens is 1. The van der Waals surface area contributed by atoms with E-state index in [0.717, 1.165) is 28.6 Å². The molecule has 0 bridgehead atoms. The van der Waals surface area contributed by atoms with Crippen molar-refractivity contribution >= 4 is 39.6 Å². The van der Waals surface area contributed by atoms with Crippen LogP contribution in [0.15, 0.2) is 58.8 Å². The predicted octanol–water partition coefficient (Wildman–Crippen LogP) is 5.55. The molecule has 0 amide bonds. The molecular weight excluding hydrogens is 332 g/mol. The molecule has 0 radical (unpaired) electrons. The minimum absolute atomic E-state index is 0.116. The Labute approximate surface area is 152 Å². The van der Waals surface area contributed by atoms with Gasteiger partial charge < -0.3 is 15.0 Å². The highest BCUT2D eigenvalue weighted by molar-refractivity contribution is 7.80. The van der Waals surface area contributed by atoms with Gasteiger partial charge in [-0.15, -0.1) is 10.2 Å². The highest BCUT2D eigenvalue weighted by atomic mass is 32.1. The zero-order valence-electron chi connectivity index (χ0n) is 14.2. The summed E-state index contributed by atoms with van der Waals surface area (Å²) in [5.74, 6) is 0.116. The van der Waals surface area contributed by atoms with E-state index in [4.69, 9.17) is 12.2 Å². The lowest BCUT2D eigenvalue weighted by Gasteiger charge is -2.06. The fourth-order valence-corrected chi connectivity index (χ4v) is 2.92. The summed E-state index contributed by atoms with van der Waals surface area (Å²) in [5, 5.41) is 23.0. The fourth-order valence-electron chi connectivity index (χ4n) is 2.77. The van der Waals surface area contributed by atoms with Gasteiger partial charge in [0.05, 0.1) is 5.52 Å². The SMILES string of the molecule is CCCn1c(O)c(N=NC(=S)Nc2ccccc2C)c2ccccc21. The summed E-state index contributed by atoms with van der Waals surface area (Å²) >= 11 is 5.26. The topological polar surface area (TPSA) is 61.9 Å². The van der Waals surface area contributed by atoms with Crippen molar-refractivity contribution in [3.8, 4) is 5.88 Å². The van der Waals surface area contributed by atoms with Crippen LogP contribution >= 0.6 is 12.2 Å². The molecular formula is C19H20N4OS. The summed E-state index contributed by atoms with van der Waals surface area (Å²) < 4.78 is 1.85. The second-order valence-electron chi connectivity index (χ2n) is 5.79. The normalized spacial score (nSPS) is 11.3. The van der Waals surface area contributed by atoms with Gasteiger partial charge in [-0.05, 0) is 43.3 Å². The molecule has 0 saturated carbocycles. The summed E-state index contributed by atoms with van der Waals surface area (Å²) in [6.45, 7) is 4.77. The van der Waals surface area contributed by atoms with Crippen LogP contribution in [0.5, 0.6) is 5.88 Å². The quantitative estimate of drug-likeness (QED) is 0.478. The number of hydrogen-bond donors (Lipinski definition) is 2. The molecule has 1 heterocycles. The molecule has 3 rings (SSSR count). The lowest BCUT2D eigenvalue weighted by Crippen LogP contribution is -2.06. The third-order valence-corrected chi connectivity index (χ3v) is 4.18. The first kappa shape index (κ1) is 17.1. The second-order valence-corrected chi connectivity index (χ2v) is 6.17. The molecule has 2 aromatic carbocycles. The predicted molar refractivity (Wildman–Crippen MR) is 106 cm³/mol. The van der Waals surface area contributed by atoms with E-state index >= 15 is 0 Å². The van der Waals surface area contributed by atoms with Crippen LogP contribution in [0.3, 0.4) is 0 Å². The van der Waals surface area contributed by atoms with Crippen molar-refractivity contribution in [2.75, 3.05) is 5.32 Å². The molecule has 3 aromatic rings. The van der Waals surface area contributed by atoms with E-state index < -0.39 is 0 Å². The molecule has 0 aliphatic heterocycles. The van der Waals surface area contributed by atoms with Crippen molar-refractivity contribution in [1.82, 2.24) is 4.57 Å². The van der Waals surface area contributed by atoms with Gasteiger partial charge in [-0.25, -0.2) is 0 Å². The van der Waals surface area contributed by atoms with E-state index in [1.807, 2.05) is 60.0 Å². The molecule has 0 atom stereocenters. The van der Waals surface area contributed by atoms with Crippen LogP contribution in [0.25, 0.3) is 10.9 Å². The van der Waals surface area contributed by atoms with Crippen molar-refractivity contribution in [2.45, 2.75) is 26.8 Å². The van der Waals surface area contributed by atoms with Gasteiger partial charge in [-0.3, -0.25) is 0 Å². The number of hydrogen-bond acceptors (Lipinski definition) is 3. The molecule has 25 heavy (non-hydrogen) atoms. The molecule has 1 aromatic heterocycles. The monoisotopic (exact) mass is 352 g/mol. The molecule has 6 heteroatoms. The van der Waals surface area contributed by atoms with Crippen LogP contribution in [0.1, 0.15) is 18.9 Å². The van der Waals surface area contributed by atoms with Crippen molar-refractivity contribution in [1.29, 1.82) is 0 Å². The van der Waals surface area contributed by atoms with Crippen molar-refractivity contribution in [3.63, 3.8) is 0 Å². The Morgan fingerprint density at radius 2 is 1.88 bits per heavy atom. The van der Waals surface area contributed by atoms with Gasteiger partial charge in [0.15, 0.2) is 5.69 Å². The minimum Gasteiger partial charge on any atom is -0.493 e. The highest BCUT2D eigenvalue weighted by Crippen LogP contribution is 2.38. The van der Waals surface area contributed by atoms with Crippen LogP contribution in [0.4, 0.5) is 11.4 Å². The second kappa shape index (κ2) is 7.44. The number of nitrogens with zero attached hydrogens (tertiary/aromatic N) is 3. The lowest BCUT2D eigenvalue weighted by atomic mass is 10.2. The number of aryl methyl sites for hydroxylation is 2. The van der Waals surface area contributed by atoms with Gasteiger partial charge in [0.25, 0.3) is 0 Å². The van der Waals surface area contributed by atoms with E-state index in [1.165, 1.54) is 0 Å². The van der Waals surface area contributed by atoms with Crippen LogP contribution in [0, 0.1) is 6.92 Å². The van der Waals surface area contributed by atoms with Gasteiger partial charge in [0, 0.05) is 17.6 Å². The molecule has 5 nitrogen and oxygen atoms in total. The summed E-state index contributed by atoms with van der Waals surface area (Å²) in [7, 11) is 0. The van der Waals surface area contributed by atoms with Gasteiger partial charge in [-0.1, -0.05) is 43.3 Å². The largest absolute Gasteiger partial charge is 0.493 e. The van der Waals surface area contributed by atoms with Crippen molar-refractivity contribution < 1.29 is 5.11 Å². The van der Waals surface area contributed by atoms with Crippen LogP contribution < -0.4 is 5.32 Å². The Morgan fingerprint density at radius 3 is 2.64 bits per heavy atom. The number of benzene rings is 2. The number of para-hydroxylation sites is 2. The molecule has 0 spiro atoms. The number of fused-ring (bicyclic) bond motifs is 1. The molecule has 2 N–H and O–H groups in total. The van der Waals surface area contributed by atoms with Gasteiger partial charge >= 0.3 is 0 Å². The zero-order chi connectivity index (χ0) is 17.8. The maximum absolute atomic E-state index is 10.5. The Kier molecular flexibility index (Phi) is 5.09. The Hall–Kier alpha value is -2.73. The van der Waals surface area contributed by atoms with E-state index in [-0.39, 0.29) is 11.0 Å². The number of rotatable bonds is 4. The first-order valence-corrected chi connectivity index (χ1v) is 8.61. The summed E-state index contributed by atoms with van der Waals surface area (Å²) in [6.07, 6.45) is 0.913. The molecule has 0 aliphatic rings. The average Bonchev–Trinajstić information content (AvgIpc) is 2.88. The molecule has 0 unspecified atom stereocenters.